The van der Waals surface area contributed by atoms with Crippen molar-refractivity contribution in [1.82, 2.24) is 15.1 Å². The first-order chi connectivity index (χ1) is 17.4. The Morgan fingerprint density at radius 2 is 1.89 bits per heavy atom. The van der Waals surface area contributed by atoms with Gasteiger partial charge in [-0.15, -0.1) is 0 Å². The van der Waals surface area contributed by atoms with Crippen molar-refractivity contribution in [2.24, 2.45) is 5.92 Å². The molecule has 6 nitrogen and oxygen atoms in total. The fourth-order valence-corrected chi connectivity index (χ4v) is 4.99. The van der Waals surface area contributed by atoms with Gasteiger partial charge in [0.15, 0.2) is 0 Å². The molecule has 0 saturated carbocycles. The molecular weight excluding hydrogens is 472 g/mol. The Labute approximate surface area is 222 Å². The largest absolute Gasteiger partial charge is 0.496 e. The van der Waals surface area contributed by atoms with Crippen LogP contribution in [0.15, 0.2) is 42.5 Å². The standard InChI is InChI=1S/C29H43ClN4O2/c1-22(2)34(21-24-10-6-4-7-11-24)15-9-5-8-14-33-16-12-23(13-17-33)20-32-29(35)25-18-26(30)27(31)19-28(25)36-3/h4,6-7,10-11,18-19,22-23H,5,8-9,12-17,20-21,31H2,1-3H3,(H,32,35). The van der Waals surface area contributed by atoms with E-state index in [1.807, 2.05) is 0 Å². The molecule has 198 valence electrons. The number of nitrogens with one attached hydrogen (secondary N) is 1. The van der Waals surface area contributed by atoms with Crippen molar-refractivity contribution in [2.75, 3.05) is 45.6 Å². The molecule has 1 heterocycles. The van der Waals surface area contributed by atoms with Crippen LogP contribution in [0.4, 0.5) is 5.69 Å². The van der Waals surface area contributed by atoms with E-state index in [1.165, 1.54) is 38.5 Å². The third-order valence-corrected chi connectivity index (χ3v) is 7.53. The van der Waals surface area contributed by atoms with Crippen molar-refractivity contribution in [1.29, 1.82) is 0 Å². The number of ether oxygens (including phenoxy) is 1. The second kappa shape index (κ2) is 14.5. The lowest BCUT2D eigenvalue weighted by Crippen LogP contribution is -2.39. The van der Waals surface area contributed by atoms with Gasteiger partial charge < -0.3 is 20.7 Å². The molecule has 0 aromatic heterocycles. The topological polar surface area (TPSA) is 70.8 Å². The zero-order chi connectivity index (χ0) is 25.9. The van der Waals surface area contributed by atoms with Crippen LogP contribution in [0.1, 0.15) is 61.9 Å². The predicted octanol–water partition coefficient (Wildman–Crippen LogP) is 5.45. The molecule has 1 saturated heterocycles. The van der Waals surface area contributed by atoms with E-state index in [9.17, 15) is 4.79 Å². The lowest BCUT2D eigenvalue weighted by atomic mass is 9.96. The normalized spacial score (nSPS) is 14.9. The summed E-state index contributed by atoms with van der Waals surface area (Å²) >= 11 is 6.11. The van der Waals surface area contributed by atoms with Crippen LogP contribution in [-0.2, 0) is 6.54 Å². The molecule has 0 aliphatic carbocycles. The van der Waals surface area contributed by atoms with Gasteiger partial charge in [-0.1, -0.05) is 48.4 Å². The molecule has 1 amide bonds. The number of hydrogen-bond acceptors (Lipinski definition) is 5. The van der Waals surface area contributed by atoms with Gasteiger partial charge in [-0.05, 0) is 83.3 Å². The molecule has 1 aliphatic rings. The van der Waals surface area contributed by atoms with Crippen molar-refractivity contribution in [2.45, 2.75) is 58.5 Å². The van der Waals surface area contributed by atoms with E-state index < -0.39 is 0 Å². The first-order valence-corrected chi connectivity index (χ1v) is 13.7. The van der Waals surface area contributed by atoms with Crippen molar-refractivity contribution in [3.8, 4) is 5.75 Å². The second-order valence-corrected chi connectivity index (χ2v) is 10.6. The first kappa shape index (κ1) is 28.3. The Bertz CT molecular complexity index is 946. The molecule has 2 aromatic carbocycles. The van der Waals surface area contributed by atoms with Crippen LogP contribution >= 0.6 is 11.6 Å². The summed E-state index contributed by atoms with van der Waals surface area (Å²) in [5.74, 6) is 0.776. The molecule has 1 aliphatic heterocycles. The van der Waals surface area contributed by atoms with E-state index in [-0.39, 0.29) is 5.91 Å². The van der Waals surface area contributed by atoms with Gasteiger partial charge in [-0.3, -0.25) is 9.69 Å². The molecule has 0 atom stereocenters. The van der Waals surface area contributed by atoms with Crippen molar-refractivity contribution in [3.63, 3.8) is 0 Å². The number of piperidine rings is 1. The lowest BCUT2D eigenvalue weighted by Gasteiger charge is -2.32. The van der Waals surface area contributed by atoms with Gasteiger partial charge in [0, 0.05) is 25.2 Å². The molecule has 2 aromatic rings. The number of amides is 1. The summed E-state index contributed by atoms with van der Waals surface area (Å²) in [6.07, 6.45) is 5.97. The minimum absolute atomic E-state index is 0.168. The third-order valence-electron chi connectivity index (χ3n) is 7.20. The summed E-state index contributed by atoms with van der Waals surface area (Å²) in [6.45, 7) is 10.8. The molecule has 36 heavy (non-hydrogen) atoms. The Hall–Kier alpha value is -2.28. The Morgan fingerprint density at radius 1 is 1.17 bits per heavy atom. The molecule has 0 unspecified atom stereocenters. The maximum Gasteiger partial charge on any atom is 0.255 e. The van der Waals surface area contributed by atoms with Gasteiger partial charge in [-0.2, -0.15) is 0 Å². The van der Waals surface area contributed by atoms with E-state index >= 15 is 0 Å². The SMILES string of the molecule is COc1cc(N)c(Cl)cc1C(=O)NCC1CCN(CCCCCN(Cc2ccccc2)C(C)C)CC1. The molecule has 1 fully saturated rings. The average molecular weight is 515 g/mol. The zero-order valence-corrected chi connectivity index (χ0v) is 22.9. The maximum absolute atomic E-state index is 12.7. The number of nitrogens with zero attached hydrogens (tertiary/aromatic N) is 2. The van der Waals surface area contributed by atoms with Crippen LogP contribution in [0, 0.1) is 5.92 Å². The van der Waals surface area contributed by atoms with Crippen LogP contribution in [0.3, 0.4) is 0 Å². The van der Waals surface area contributed by atoms with E-state index in [1.54, 1.807) is 12.1 Å². The van der Waals surface area contributed by atoms with E-state index in [4.69, 9.17) is 22.1 Å². The highest BCUT2D eigenvalue weighted by molar-refractivity contribution is 6.33. The monoisotopic (exact) mass is 514 g/mol. The number of unbranched alkanes of at least 4 members (excludes halogenated alkanes) is 2. The average Bonchev–Trinajstić information content (AvgIpc) is 2.88. The number of rotatable bonds is 13. The predicted molar refractivity (Wildman–Crippen MR) is 150 cm³/mol. The summed E-state index contributed by atoms with van der Waals surface area (Å²) in [7, 11) is 1.53. The summed E-state index contributed by atoms with van der Waals surface area (Å²) in [5, 5.41) is 3.42. The number of methoxy groups -OCH3 is 1. The van der Waals surface area contributed by atoms with Crippen LogP contribution < -0.4 is 15.8 Å². The molecule has 7 heteroatoms. The van der Waals surface area contributed by atoms with Crippen molar-refractivity contribution < 1.29 is 9.53 Å². The van der Waals surface area contributed by atoms with Crippen LogP contribution in [-0.4, -0.2) is 61.6 Å². The van der Waals surface area contributed by atoms with Gasteiger partial charge in [-0.25, -0.2) is 0 Å². The highest BCUT2D eigenvalue weighted by Gasteiger charge is 2.21. The van der Waals surface area contributed by atoms with Gasteiger partial charge in [0.25, 0.3) is 5.91 Å². The highest BCUT2D eigenvalue weighted by Crippen LogP contribution is 2.29. The zero-order valence-electron chi connectivity index (χ0n) is 22.1. The Balaban J connectivity index is 1.31. The Kier molecular flexibility index (Phi) is 11.4. The Morgan fingerprint density at radius 3 is 2.56 bits per heavy atom. The van der Waals surface area contributed by atoms with E-state index in [0.717, 1.165) is 39.0 Å². The summed E-state index contributed by atoms with van der Waals surface area (Å²) in [4.78, 5) is 17.8. The fourth-order valence-electron chi connectivity index (χ4n) is 4.83. The van der Waals surface area contributed by atoms with Crippen LogP contribution in [0.2, 0.25) is 5.02 Å². The number of nitrogen functional groups attached to an aromatic ring is 1. The first-order valence-electron chi connectivity index (χ1n) is 13.3. The molecule has 3 rings (SSSR count). The van der Waals surface area contributed by atoms with E-state index in [2.05, 4.69) is 59.3 Å². The van der Waals surface area contributed by atoms with Crippen molar-refractivity contribution >= 4 is 23.2 Å². The number of likely N-dealkylation sites (tertiary alicyclic amines) is 1. The number of benzene rings is 2. The molecular formula is C29H43ClN4O2. The van der Waals surface area contributed by atoms with Gasteiger partial charge in [0.1, 0.15) is 5.75 Å². The van der Waals surface area contributed by atoms with Gasteiger partial charge in [0.2, 0.25) is 0 Å². The number of hydrogen-bond donors (Lipinski definition) is 2. The molecule has 0 bridgehead atoms. The maximum atomic E-state index is 12.7. The van der Waals surface area contributed by atoms with Crippen molar-refractivity contribution in [3.05, 3.63) is 58.6 Å². The molecule has 3 N–H and O–H groups in total. The minimum atomic E-state index is -0.168. The van der Waals surface area contributed by atoms with Crippen LogP contribution in [0.5, 0.6) is 5.75 Å². The molecule has 0 radical (unpaired) electrons. The number of halogens is 1. The third kappa shape index (κ3) is 8.68. The lowest BCUT2D eigenvalue weighted by molar-refractivity contribution is 0.0933. The number of carbonyl (C=O) groups is 1. The highest BCUT2D eigenvalue weighted by atomic mass is 35.5. The molecule has 0 spiro atoms. The minimum Gasteiger partial charge on any atom is -0.496 e. The quantitative estimate of drug-likeness (QED) is 0.274. The van der Waals surface area contributed by atoms with E-state index in [0.29, 0.717) is 40.5 Å². The van der Waals surface area contributed by atoms with Gasteiger partial charge >= 0.3 is 0 Å². The number of nitrogens with two attached hydrogens (primary N) is 1. The fraction of sp³-hybridized carbons (Fsp3) is 0.552. The number of carbonyl (C=O) groups excluding carboxylic acids is 1. The number of anilines is 1. The summed E-state index contributed by atoms with van der Waals surface area (Å²) in [5.41, 5.74) is 8.04. The van der Waals surface area contributed by atoms with Crippen LogP contribution in [0.25, 0.3) is 0 Å². The van der Waals surface area contributed by atoms with Gasteiger partial charge in [0.05, 0.1) is 23.4 Å². The second-order valence-electron chi connectivity index (χ2n) is 10.2. The summed E-state index contributed by atoms with van der Waals surface area (Å²) in [6, 6.07) is 14.5. The smallest absolute Gasteiger partial charge is 0.255 e. The summed E-state index contributed by atoms with van der Waals surface area (Å²) < 4.78 is 5.31.